The average molecular weight is 708 g/mol. The van der Waals surface area contributed by atoms with Crippen molar-refractivity contribution in [3.05, 3.63) is 48.6 Å². The van der Waals surface area contributed by atoms with Crippen molar-refractivity contribution < 1.29 is 22.9 Å². The second-order valence-electron chi connectivity index (χ2n) is 13.9. The molecular weight excluding hydrogens is 631 g/mol. The molecule has 0 bridgehead atoms. The molecule has 49 heavy (non-hydrogen) atoms. The van der Waals surface area contributed by atoms with E-state index in [4.69, 9.17) is 0 Å². The standard InChI is InChI=1S/C42H77NO5S/c1-3-5-7-9-11-13-15-17-18-19-20-21-22-23-24-26-27-29-31-33-35-37-41(44)40(39-49(46,47)48)43-42(45)38-36-34-32-30-28-25-16-14-12-10-8-6-4-2/h6,8,12,14,25,28,32,34,40-41,44H,3-5,7,9-11,13,15-24,26-27,29-31,33,35-39H2,1-2H3,(H,43,45)(H,46,47,48)/b8-6-,14-12-,28-25-,34-32-. The number of aliphatic hydroxyl groups is 1. The number of amides is 1. The molecule has 3 N–H and O–H groups in total. The minimum absolute atomic E-state index is 0.197. The van der Waals surface area contributed by atoms with Crippen molar-refractivity contribution in [1.82, 2.24) is 5.32 Å². The second kappa shape index (κ2) is 36.1. The van der Waals surface area contributed by atoms with E-state index in [1.54, 1.807) is 0 Å². The molecule has 7 heteroatoms. The summed E-state index contributed by atoms with van der Waals surface area (Å²) in [5, 5.41) is 13.3. The van der Waals surface area contributed by atoms with E-state index in [1.165, 1.54) is 116 Å². The van der Waals surface area contributed by atoms with Crippen LogP contribution in [0.3, 0.4) is 0 Å². The Kier molecular flexibility index (Phi) is 34.9. The van der Waals surface area contributed by atoms with Gasteiger partial charge in [0, 0.05) is 6.42 Å². The Labute approximate surface area is 303 Å². The fourth-order valence-corrected chi connectivity index (χ4v) is 6.81. The molecule has 0 fully saturated rings. The first-order valence-electron chi connectivity index (χ1n) is 20.3. The lowest BCUT2D eigenvalue weighted by molar-refractivity contribution is -0.122. The number of hydrogen-bond acceptors (Lipinski definition) is 4. The van der Waals surface area contributed by atoms with Crippen LogP contribution in [0.25, 0.3) is 0 Å². The van der Waals surface area contributed by atoms with Crippen LogP contribution in [0, 0.1) is 0 Å². The fourth-order valence-electron chi connectivity index (χ4n) is 6.05. The molecular formula is C42H77NO5S. The van der Waals surface area contributed by atoms with Gasteiger partial charge in [-0.15, -0.1) is 0 Å². The zero-order valence-electron chi connectivity index (χ0n) is 31.8. The largest absolute Gasteiger partial charge is 0.391 e. The molecule has 2 unspecified atom stereocenters. The molecule has 2 atom stereocenters. The number of nitrogens with one attached hydrogen (secondary N) is 1. The van der Waals surface area contributed by atoms with Crippen LogP contribution in [0.1, 0.15) is 194 Å². The van der Waals surface area contributed by atoms with Crippen LogP contribution < -0.4 is 5.32 Å². The van der Waals surface area contributed by atoms with Gasteiger partial charge < -0.3 is 10.4 Å². The highest BCUT2D eigenvalue weighted by Crippen LogP contribution is 2.16. The van der Waals surface area contributed by atoms with Gasteiger partial charge in [0.05, 0.1) is 17.9 Å². The second-order valence-corrected chi connectivity index (χ2v) is 15.4. The van der Waals surface area contributed by atoms with E-state index in [9.17, 15) is 22.9 Å². The van der Waals surface area contributed by atoms with Crippen molar-refractivity contribution in [1.29, 1.82) is 0 Å². The molecule has 0 radical (unpaired) electrons. The average Bonchev–Trinajstić information content (AvgIpc) is 3.06. The summed E-state index contributed by atoms with van der Waals surface area (Å²) in [6.45, 7) is 4.40. The van der Waals surface area contributed by atoms with Gasteiger partial charge in [-0.2, -0.15) is 8.42 Å². The molecule has 1 amide bonds. The summed E-state index contributed by atoms with van der Waals surface area (Å²) in [5.74, 6) is -1.00. The number of aliphatic hydroxyl groups excluding tert-OH is 1. The predicted molar refractivity (Wildman–Crippen MR) is 212 cm³/mol. The fraction of sp³-hybridized carbons (Fsp3) is 0.786. The normalized spacial score (nSPS) is 13.8. The Balaban J connectivity index is 3.89. The molecule has 0 aliphatic rings. The third kappa shape index (κ3) is 37.4. The minimum Gasteiger partial charge on any atom is -0.391 e. The van der Waals surface area contributed by atoms with E-state index < -0.39 is 28.0 Å². The molecule has 0 aromatic rings. The monoisotopic (exact) mass is 708 g/mol. The van der Waals surface area contributed by atoms with Gasteiger partial charge in [0.25, 0.3) is 10.1 Å². The lowest BCUT2D eigenvalue weighted by Crippen LogP contribution is -2.47. The smallest absolute Gasteiger partial charge is 0.266 e. The molecule has 0 aliphatic heterocycles. The van der Waals surface area contributed by atoms with Crippen molar-refractivity contribution >= 4 is 16.0 Å². The Morgan fingerprint density at radius 2 is 0.939 bits per heavy atom. The van der Waals surface area contributed by atoms with E-state index in [0.717, 1.165) is 44.9 Å². The third-order valence-electron chi connectivity index (χ3n) is 9.06. The van der Waals surface area contributed by atoms with E-state index in [0.29, 0.717) is 12.8 Å². The van der Waals surface area contributed by atoms with Crippen LogP contribution in [0.15, 0.2) is 48.6 Å². The van der Waals surface area contributed by atoms with E-state index in [-0.39, 0.29) is 12.3 Å². The Bertz CT molecular complexity index is 956. The number of allylic oxidation sites excluding steroid dienone is 8. The van der Waals surface area contributed by atoms with Crippen molar-refractivity contribution in [2.24, 2.45) is 0 Å². The van der Waals surface area contributed by atoms with Crippen molar-refractivity contribution in [3.8, 4) is 0 Å². The number of unbranched alkanes of at least 4 members (excludes halogenated alkanes) is 20. The minimum atomic E-state index is -4.33. The summed E-state index contributed by atoms with van der Waals surface area (Å²) in [4.78, 5) is 12.5. The van der Waals surface area contributed by atoms with Gasteiger partial charge in [-0.1, -0.05) is 197 Å². The first-order chi connectivity index (χ1) is 23.8. The summed E-state index contributed by atoms with van der Waals surface area (Å²) in [6, 6.07) is -1.01. The predicted octanol–water partition coefficient (Wildman–Crippen LogP) is 11.9. The summed E-state index contributed by atoms with van der Waals surface area (Å²) >= 11 is 0. The highest BCUT2D eigenvalue weighted by atomic mass is 32.2. The summed E-state index contributed by atoms with van der Waals surface area (Å²) in [7, 11) is -4.33. The zero-order valence-corrected chi connectivity index (χ0v) is 32.6. The summed E-state index contributed by atoms with van der Waals surface area (Å²) in [5.41, 5.74) is 0. The van der Waals surface area contributed by atoms with Crippen molar-refractivity contribution in [2.75, 3.05) is 5.75 Å². The highest BCUT2D eigenvalue weighted by molar-refractivity contribution is 7.85. The number of hydrogen-bond donors (Lipinski definition) is 3. The van der Waals surface area contributed by atoms with E-state index >= 15 is 0 Å². The van der Waals surface area contributed by atoms with Crippen LogP contribution in [0.4, 0.5) is 0 Å². The molecule has 0 heterocycles. The molecule has 0 aromatic heterocycles. The summed E-state index contributed by atoms with van der Waals surface area (Å²) < 4.78 is 32.5. The maximum absolute atomic E-state index is 12.5. The Morgan fingerprint density at radius 1 is 0.571 bits per heavy atom. The van der Waals surface area contributed by atoms with Gasteiger partial charge in [0.2, 0.25) is 5.91 Å². The first-order valence-corrected chi connectivity index (χ1v) is 21.9. The maximum atomic E-state index is 12.5. The van der Waals surface area contributed by atoms with E-state index in [2.05, 4.69) is 55.6 Å². The van der Waals surface area contributed by atoms with Gasteiger partial charge in [0.15, 0.2) is 0 Å². The molecule has 0 saturated heterocycles. The lowest BCUT2D eigenvalue weighted by atomic mass is 10.0. The molecule has 6 nitrogen and oxygen atoms in total. The van der Waals surface area contributed by atoms with Crippen LogP contribution in [-0.2, 0) is 14.9 Å². The Morgan fingerprint density at radius 3 is 1.33 bits per heavy atom. The van der Waals surface area contributed by atoms with E-state index in [1.807, 2.05) is 12.2 Å². The number of carbonyl (C=O) groups excluding carboxylic acids is 1. The summed E-state index contributed by atoms with van der Waals surface area (Å²) in [6.07, 6.45) is 48.0. The van der Waals surface area contributed by atoms with Crippen LogP contribution in [0.5, 0.6) is 0 Å². The molecule has 286 valence electrons. The maximum Gasteiger partial charge on any atom is 0.266 e. The Hall–Kier alpha value is -1.70. The van der Waals surface area contributed by atoms with Gasteiger partial charge in [-0.05, 0) is 38.5 Å². The number of carbonyl (C=O) groups is 1. The van der Waals surface area contributed by atoms with Gasteiger partial charge in [-0.25, -0.2) is 0 Å². The van der Waals surface area contributed by atoms with Crippen LogP contribution in [0.2, 0.25) is 0 Å². The first kappa shape index (κ1) is 47.3. The molecule has 0 rings (SSSR count). The SMILES string of the molecule is CC/C=C\C/C=C\C/C=C\C/C=C\CCC(=O)NC(CS(=O)(=O)O)C(O)CCCCCCCCCCCCCCCCCCCCCCC. The van der Waals surface area contributed by atoms with Crippen LogP contribution in [-0.4, -0.2) is 41.9 Å². The molecule has 0 spiro atoms. The lowest BCUT2D eigenvalue weighted by Gasteiger charge is -2.23. The van der Waals surface area contributed by atoms with Crippen LogP contribution >= 0.6 is 0 Å². The third-order valence-corrected chi connectivity index (χ3v) is 9.84. The van der Waals surface area contributed by atoms with Gasteiger partial charge in [-0.3, -0.25) is 9.35 Å². The quantitative estimate of drug-likeness (QED) is 0.0342. The molecule has 0 saturated carbocycles. The van der Waals surface area contributed by atoms with Crippen molar-refractivity contribution in [2.45, 2.75) is 206 Å². The number of rotatable bonds is 36. The van der Waals surface area contributed by atoms with Gasteiger partial charge >= 0.3 is 0 Å². The zero-order chi connectivity index (χ0) is 36.1. The molecule has 0 aliphatic carbocycles. The molecule has 0 aromatic carbocycles. The highest BCUT2D eigenvalue weighted by Gasteiger charge is 2.25. The van der Waals surface area contributed by atoms with Gasteiger partial charge in [0.1, 0.15) is 0 Å². The topological polar surface area (TPSA) is 104 Å². The van der Waals surface area contributed by atoms with Crippen molar-refractivity contribution in [3.63, 3.8) is 0 Å².